The topological polar surface area (TPSA) is 138 Å². The van der Waals surface area contributed by atoms with Gasteiger partial charge in [0, 0.05) is 58.9 Å². The summed E-state index contributed by atoms with van der Waals surface area (Å²) in [6.45, 7) is 4.12. The van der Waals surface area contributed by atoms with Crippen LogP contribution in [-0.2, 0) is 21.0 Å². The molecule has 3 N–H and O–H groups in total. The van der Waals surface area contributed by atoms with Gasteiger partial charge in [-0.15, -0.1) is 0 Å². The highest BCUT2D eigenvalue weighted by Crippen LogP contribution is 2.26. The van der Waals surface area contributed by atoms with E-state index in [2.05, 4.69) is 52.0 Å². The minimum absolute atomic E-state index is 0.162. The summed E-state index contributed by atoms with van der Waals surface area (Å²) >= 11 is 0. The van der Waals surface area contributed by atoms with Crippen LogP contribution in [0, 0.1) is 0 Å². The Bertz CT molecular complexity index is 1500. The van der Waals surface area contributed by atoms with Gasteiger partial charge in [0.05, 0.1) is 36.8 Å². The highest BCUT2D eigenvalue weighted by Gasteiger charge is 2.17. The van der Waals surface area contributed by atoms with Crippen LogP contribution in [0.2, 0.25) is 0 Å². The molecule has 0 aliphatic carbocycles. The molecular weight excluding hydrogens is 480 g/mol. The number of aromatic amines is 1. The summed E-state index contributed by atoms with van der Waals surface area (Å²) in [4.78, 5) is 27.9. The van der Waals surface area contributed by atoms with Gasteiger partial charge in [0.25, 0.3) is 5.91 Å². The SMILES string of the molecule is C=S(C)(=O)Nc1ncc(NC(=O)c2n[nH]c3ccc(-c4cncc(CN5CCOCC5)c4)cc23)cn1. The Balaban J connectivity index is 1.35. The highest BCUT2D eigenvalue weighted by molar-refractivity contribution is 8.00. The minimum atomic E-state index is -2.50. The van der Waals surface area contributed by atoms with Crippen molar-refractivity contribution in [2.24, 2.45) is 0 Å². The fourth-order valence-corrected chi connectivity index (χ4v) is 4.44. The van der Waals surface area contributed by atoms with Crippen molar-refractivity contribution < 1.29 is 13.7 Å². The van der Waals surface area contributed by atoms with E-state index in [0.717, 1.165) is 55.1 Å². The molecule has 5 rings (SSSR count). The smallest absolute Gasteiger partial charge is 0.276 e. The predicted molar refractivity (Wildman–Crippen MR) is 140 cm³/mol. The summed E-state index contributed by atoms with van der Waals surface area (Å²) < 4.78 is 19.8. The molecule has 1 saturated heterocycles. The molecule has 0 saturated carbocycles. The second kappa shape index (κ2) is 10.0. The number of carbonyl (C=O) groups excluding carboxylic acids is 1. The number of hydrogen-bond donors (Lipinski definition) is 3. The van der Waals surface area contributed by atoms with Crippen LogP contribution in [0.3, 0.4) is 0 Å². The van der Waals surface area contributed by atoms with Gasteiger partial charge in [-0.05, 0) is 35.2 Å². The lowest BCUT2D eigenvalue weighted by Gasteiger charge is -2.26. The Morgan fingerprint density at radius 2 is 1.92 bits per heavy atom. The van der Waals surface area contributed by atoms with Gasteiger partial charge in [0.1, 0.15) is 0 Å². The summed E-state index contributed by atoms with van der Waals surface area (Å²) in [7, 11) is -2.50. The van der Waals surface area contributed by atoms with Crippen LogP contribution in [0.15, 0.2) is 49.1 Å². The summed E-state index contributed by atoms with van der Waals surface area (Å²) in [5, 5.41) is 10.6. The van der Waals surface area contributed by atoms with Crippen LogP contribution in [0.1, 0.15) is 16.1 Å². The van der Waals surface area contributed by atoms with Crippen LogP contribution in [0.4, 0.5) is 11.6 Å². The molecule has 1 aliphatic rings. The number of aromatic nitrogens is 5. The molecule has 1 aromatic carbocycles. The number of morpholine rings is 1. The van der Waals surface area contributed by atoms with Crippen molar-refractivity contribution in [3.05, 3.63) is 60.3 Å². The predicted octanol–water partition coefficient (Wildman–Crippen LogP) is 2.17. The van der Waals surface area contributed by atoms with Crippen LogP contribution >= 0.6 is 0 Å². The number of fused-ring (bicyclic) bond motifs is 1. The Hall–Kier alpha value is -3.87. The average Bonchev–Trinajstić information content (AvgIpc) is 3.29. The largest absolute Gasteiger partial charge is 0.379 e. The summed E-state index contributed by atoms with van der Waals surface area (Å²) in [6, 6.07) is 7.93. The normalized spacial score (nSPS) is 15.9. The Kier molecular flexibility index (Phi) is 6.63. The molecule has 1 amide bonds. The first-order valence-electron chi connectivity index (χ1n) is 11.3. The number of ether oxygens (including phenoxy) is 1. The van der Waals surface area contributed by atoms with E-state index in [1.54, 1.807) is 0 Å². The molecule has 186 valence electrons. The monoisotopic (exact) mass is 506 g/mol. The quantitative estimate of drug-likeness (QED) is 0.324. The number of carbonyl (C=O) groups is 1. The number of pyridine rings is 1. The van der Waals surface area contributed by atoms with Gasteiger partial charge in [0.15, 0.2) is 5.69 Å². The number of benzene rings is 1. The van der Waals surface area contributed by atoms with Gasteiger partial charge in [-0.1, -0.05) is 6.07 Å². The van der Waals surface area contributed by atoms with E-state index in [9.17, 15) is 9.00 Å². The van der Waals surface area contributed by atoms with E-state index in [4.69, 9.17) is 4.74 Å². The molecule has 11 nitrogen and oxygen atoms in total. The van der Waals surface area contributed by atoms with Crippen molar-refractivity contribution in [1.82, 2.24) is 30.0 Å². The standard InChI is InChI=1S/C24H26N8O3S/c1-36(2,34)31-24-26-13-19(14-27-24)28-23(33)22-20-10-17(3-4-21(20)29-30-22)18-9-16(11-25-12-18)15-32-5-7-35-8-6-32/h3-4,9-14H,1,5-8,15H2,2H3,(H,28,33)(H,29,30)(H,26,27,31,34). The first-order valence-corrected chi connectivity index (χ1v) is 13.4. The van der Waals surface area contributed by atoms with Crippen LogP contribution < -0.4 is 10.0 Å². The number of nitrogens with zero attached hydrogens (tertiary/aromatic N) is 5. The van der Waals surface area contributed by atoms with E-state index < -0.39 is 15.6 Å². The van der Waals surface area contributed by atoms with Gasteiger partial charge >= 0.3 is 0 Å². The fraction of sp³-hybridized carbons (Fsp3) is 0.250. The van der Waals surface area contributed by atoms with E-state index in [0.29, 0.717) is 11.1 Å². The van der Waals surface area contributed by atoms with Crippen LogP contribution in [-0.4, -0.2) is 78.6 Å². The summed E-state index contributed by atoms with van der Waals surface area (Å²) in [6.07, 6.45) is 7.98. The third-order valence-corrected chi connectivity index (χ3v) is 6.25. The Morgan fingerprint density at radius 3 is 2.67 bits per heavy atom. The van der Waals surface area contributed by atoms with Gasteiger partial charge in [0.2, 0.25) is 5.95 Å². The second-order valence-electron chi connectivity index (χ2n) is 8.66. The van der Waals surface area contributed by atoms with E-state index in [-0.39, 0.29) is 11.6 Å². The molecule has 0 radical (unpaired) electrons. The van der Waals surface area contributed by atoms with Gasteiger partial charge in [-0.2, -0.15) is 5.10 Å². The average molecular weight is 507 g/mol. The number of amides is 1. The van der Waals surface area contributed by atoms with Crippen LogP contribution in [0.5, 0.6) is 0 Å². The zero-order chi connectivity index (χ0) is 25.1. The molecule has 4 aromatic rings. The lowest BCUT2D eigenvalue weighted by atomic mass is 10.0. The molecule has 1 aliphatic heterocycles. The van der Waals surface area contributed by atoms with Crippen molar-refractivity contribution in [3.63, 3.8) is 0 Å². The first-order chi connectivity index (χ1) is 17.3. The lowest BCUT2D eigenvalue weighted by Crippen LogP contribution is -2.35. The number of nitrogens with one attached hydrogen (secondary N) is 3. The Morgan fingerprint density at radius 1 is 1.14 bits per heavy atom. The molecule has 0 spiro atoms. The van der Waals surface area contributed by atoms with E-state index in [1.165, 1.54) is 18.6 Å². The number of anilines is 2. The van der Waals surface area contributed by atoms with Gasteiger partial charge < -0.3 is 10.1 Å². The maximum Gasteiger partial charge on any atom is 0.276 e. The third-order valence-electron chi connectivity index (χ3n) is 5.63. The fourth-order valence-electron chi connectivity index (χ4n) is 3.94. The van der Waals surface area contributed by atoms with E-state index in [1.807, 2.05) is 30.6 Å². The maximum atomic E-state index is 13.0. The molecule has 12 heteroatoms. The van der Waals surface area contributed by atoms with Gasteiger partial charge in [-0.3, -0.25) is 24.5 Å². The maximum absolute atomic E-state index is 13.0. The zero-order valence-corrected chi connectivity index (χ0v) is 20.5. The van der Waals surface area contributed by atoms with Crippen molar-refractivity contribution >= 4 is 44.0 Å². The minimum Gasteiger partial charge on any atom is -0.379 e. The van der Waals surface area contributed by atoms with Crippen molar-refractivity contribution in [3.8, 4) is 11.1 Å². The first kappa shape index (κ1) is 23.9. The molecular formula is C24H26N8O3S. The molecule has 4 heterocycles. The molecule has 0 bridgehead atoms. The molecule has 1 fully saturated rings. The van der Waals surface area contributed by atoms with Gasteiger partial charge in [-0.25, -0.2) is 14.2 Å². The summed E-state index contributed by atoms with van der Waals surface area (Å²) in [5.41, 5.74) is 4.39. The van der Waals surface area contributed by atoms with Crippen molar-refractivity contribution in [2.45, 2.75) is 6.54 Å². The molecule has 36 heavy (non-hydrogen) atoms. The lowest BCUT2D eigenvalue weighted by molar-refractivity contribution is 0.0341. The van der Waals surface area contributed by atoms with Crippen molar-refractivity contribution in [1.29, 1.82) is 0 Å². The molecule has 1 unspecified atom stereocenters. The van der Waals surface area contributed by atoms with E-state index >= 15 is 0 Å². The zero-order valence-electron chi connectivity index (χ0n) is 19.7. The molecule has 3 aromatic heterocycles. The number of hydrogen-bond acceptors (Lipinski definition) is 8. The second-order valence-corrected chi connectivity index (χ2v) is 10.9. The number of H-pyrrole nitrogens is 1. The third kappa shape index (κ3) is 5.67. The van der Waals surface area contributed by atoms with Crippen molar-refractivity contribution in [2.75, 3.05) is 42.6 Å². The highest BCUT2D eigenvalue weighted by atomic mass is 32.2. The summed E-state index contributed by atoms with van der Waals surface area (Å²) in [5.74, 6) is 3.26. The molecule has 1 atom stereocenters. The Labute approximate surface area is 208 Å². The number of rotatable bonds is 7. The van der Waals surface area contributed by atoms with Crippen LogP contribution in [0.25, 0.3) is 22.0 Å².